The van der Waals surface area contributed by atoms with Gasteiger partial charge in [0, 0.05) is 19.1 Å². The summed E-state index contributed by atoms with van der Waals surface area (Å²) in [5.41, 5.74) is 5.22. The summed E-state index contributed by atoms with van der Waals surface area (Å²) in [4.78, 5) is 10.9. The Morgan fingerprint density at radius 2 is 2.18 bits per heavy atom. The van der Waals surface area contributed by atoms with Crippen LogP contribution in [0.4, 0.5) is 0 Å². The van der Waals surface area contributed by atoms with Gasteiger partial charge in [0.2, 0.25) is 5.91 Å². The van der Waals surface area contributed by atoms with Gasteiger partial charge in [0.15, 0.2) is 0 Å². The molecule has 0 fully saturated rings. The molecule has 0 aromatic carbocycles. The lowest BCUT2D eigenvalue weighted by Gasteiger charge is -2.08. The largest absolute Gasteiger partial charge is 0.353 e. The van der Waals surface area contributed by atoms with E-state index in [0.717, 1.165) is 0 Å². The molecule has 0 heterocycles. The van der Waals surface area contributed by atoms with E-state index < -0.39 is 0 Å². The molecule has 0 unspecified atom stereocenters. The first kappa shape index (κ1) is 10.4. The molecule has 4 N–H and O–H groups in total. The van der Waals surface area contributed by atoms with Crippen LogP contribution in [0.5, 0.6) is 0 Å². The van der Waals surface area contributed by atoms with Gasteiger partial charge in [-0.15, -0.1) is 0 Å². The SMILES string of the molecule is CC(C)NC(=O)CNCCN. The van der Waals surface area contributed by atoms with Crippen LogP contribution < -0.4 is 16.4 Å². The monoisotopic (exact) mass is 159 g/mol. The third kappa shape index (κ3) is 7.29. The summed E-state index contributed by atoms with van der Waals surface area (Å²) in [6, 6.07) is 0.210. The predicted octanol–water partition coefficient (Wildman–Crippen LogP) is -0.941. The Bertz CT molecular complexity index is 114. The van der Waals surface area contributed by atoms with Crippen LogP contribution in [0, 0.1) is 0 Å². The van der Waals surface area contributed by atoms with Crippen molar-refractivity contribution in [2.45, 2.75) is 19.9 Å². The van der Waals surface area contributed by atoms with Crippen molar-refractivity contribution in [3.05, 3.63) is 0 Å². The lowest BCUT2D eigenvalue weighted by atomic mass is 10.4. The average molecular weight is 159 g/mol. The van der Waals surface area contributed by atoms with E-state index in [0.29, 0.717) is 19.6 Å². The first-order chi connectivity index (χ1) is 5.16. The summed E-state index contributed by atoms with van der Waals surface area (Å²) in [7, 11) is 0. The highest BCUT2D eigenvalue weighted by Gasteiger charge is 2.00. The number of rotatable bonds is 5. The van der Waals surface area contributed by atoms with E-state index in [-0.39, 0.29) is 11.9 Å². The quantitative estimate of drug-likeness (QED) is 0.453. The molecule has 0 aliphatic rings. The molecule has 0 aliphatic heterocycles. The summed E-state index contributed by atoms with van der Waals surface area (Å²) >= 11 is 0. The Morgan fingerprint density at radius 3 is 2.64 bits per heavy atom. The molecule has 0 rings (SSSR count). The minimum atomic E-state index is 0.0217. The van der Waals surface area contributed by atoms with Crippen LogP contribution in [-0.4, -0.2) is 31.6 Å². The number of carbonyl (C=O) groups excluding carboxylic acids is 1. The average Bonchev–Trinajstić information content (AvgIpc) is 1.86. The Morgan fingerprint density at radius 1 is 1.55 bits per heavy atom. The molecule has 66 valence electrons. The van der Waals surface area contributed by atoms with Crippen molar-refractivity contribution in [2.24, 2.45) is 5.73 Å². The third-order valence-corrected chi connectivity index (χ3v) is 1.06. The molecule has 4 heteroatoms. The normalized spacial score (nSPS) is 10.2. The zero-order valence-electron chi connectivity index (χ0n) is 7.18. The van der Waals surface area contributed by atoms with Gasteiger partial charge in [-0.3, -0.25) is 4.79 Å². The molecule has 0 aromatic heterocycles. The summed E-state index contributed by atoms with van der Waals surface area (Å²) in [5, 5.41) is 5.66. The number of nitrogens with two attached hydrogens (primary N) is 1. The fourth-order valence-corrected chi connectivity index (χ4v) is 0.677. The van der Waals surface area contributed by atoms with Gasteiger partial charge in [-0.2, -0.15) is 0 Å². The van der Waals surface area contributed by atoms with Crippen LogP contribution in [0.25, 0.3) is 0 Å². The van der Waals surface area contributed by atoms with E-state index in [2.05, 4.69) is 10.6 Å². The molecular weight excluding hydrogens is 142 g/mol. The minimum Gasteiger partial charge on any atom is -0.353 e. The molecule has 0 saturated carbocycles. The van der Waals surface area contributed by atoms with E-state index in [1.54, 1.807) is 0 Å². The third-order valence-electron chi connectivity index (χ3n) is 1.06. The highest BCUT2D eigenvalue weighted by atomic mass is 16.1. The summed E-state index contributed by atoms with van der Waals surface area (Å²) in [6.07, 6.45) is 0. The van der Waals surface area contributed by atoms with Crippen LogP contribution in [0.2, 0.25) is 0 Å². The number of carbonyl (C=O) groups is 1. The van der Waals surface area contributed by atoms with Crippen molar-refractivity contribution in [1.82, 2.24) is 10.6 Å². The predicted molar refractivity (Wildman–Crippen MR) is 45.2 cm³/mol. The lowest BCUT2D eigenvalue weighted by molar-refractivity contribution is -0.120. The van der Waals surface area contributed by atoms with Crippen molar-refractivity contribution in [2.75, 3.05) is 19.6 Å². The van der Waals surface area contributed by atoms with Crippen LogP contribution in [0.3, 0.4) is 0 Å². The molecule has 1 amide bonds. The van der Waals surface area contributed by atoms with E-state index >= 15 is 0 Å². The molecule has 0 spiro atoms. The van der Waals surface area contributed by atoms with Crippen LogP contribution in [0.1, 0.15) is 13.8 Å². The number of amides is 1. The van der Waals surface area contributed by atoms with Crippen molar-refractivity contribution in [1.29, 1.82) is 0 Å². The first-order valence-corrected chi connectivity index (χ1v) is 3.87. The van der Waals surface area contributed by atoms with Gasteiger partial charge < -0.3 is 16.4 Å². The Labute approximate surface area is 67.5 Å². The fraction of sp³-hybridized carbons (Fsp3) is 0.857. The van der Waals surface area contributed by atoms with E-state index in [1.807, 2.05) is 13.8 Å². The Hall–Kier alpha value is -0.610. The highest BCUT2D eigenvalue weighted by molar-refractivity contribution is 5.78. The van der Waals surface area contributed by atoms with Crippen molar-refractivity contribution < 1.29 is 4.79 Å². The maximum Gasteiger partial charge on any atom is 0.234 e. The van der Waals surface area contributed by atoms with E-state index in [1.165, 1.54) is 0 Å². The molecule has 0 bridgehead atoms. The second-order valence-electron chi connectivity index (χ2n) is 2.69. The first-order valence-electron chi connectivity index (χ1n) is 3.87. The highest BCUT2D eigenvalue weighted by Crippen LogP contribution is 1.74. The van der Waals surface area contributed by atoms with Crippen molar-refractivity contribution >= 4 is 5.91 Å². The summed E-state index contributed by atoms with van der Waals surface area (Å²) in [5.74, 6) is 0.0217. The Balaban J connectivity index is 3.23. The minimum absolute atomic E-state index is 0.0217. The number of nitrogens with one attached hydrogen (secondary N) is 2. The molecule has 11 heavy (non-hydrogen) atoms. The smallest absolute Gasteiger partial charge is 0.234 e. The zero-order chi connectivity index (χ0) is 8.69. The van der Waals surface area contributed by atoms with Crippen LogP contribution in [0.15, 0.2) is 0 Å². The van der Waals surface area contributed by atoms with E-state index in [9.17, 15) is 4.79 Å². The van der Waals surface area contributed by atoms with Crippen molar-refractivity contribution in [3.63, 3.8) is 0 Å². The van der Waals surface area contributed by atoms with Gasteiger partial charge in [-0.25, -0.2) is 0 Å². The molecule has 4 nitrogen and oxygen atoms in total. The van der Waals surface area contributed by atoms with Crippen LogP contribution in [-0.2, 0) is 4.79 Å². The maximum absolute atomic E-state index is 10.9. The van der Waals surface area contributed by atoms with Gasteiger partial charge in [-0.1, -0.05) is 0 Å². The molecule has 0 radical (unpaired) electrons. The zero-order valence-corrected chi connectivity index (χ0v) is 7.18. The van der Waals surface area contributed by atoms with Gasteiger partial charge in [0.1, 0.15) is 0 Å². The lowest BCUT2D eigenvalue weighted by Crippen LogP contribution is -2.39. The molecule has 0 atom stereocenters. The topological polar surface area (TPSA) is 67.2 Å². The summed E-state index contributed by atoms with van der Waals surface area (Å²) in [6.45, 7) is 5.47. The summed E-state index contributed by atoms with van der Waals surface area (Å²) < 4.78 is 0. The van der Waals surface area contributed by atoms with Gasteiger partial charge in [0.25, 0.3) is 0 Å². The maximum atomic E-state index is 10.9. The molecule has 0 saturated heterocycles. The molecule has 0 aliphatic carbocycles. The molecular formula is C7H17N3O. The second kappa shape index (κ2) is 6.12. The number of hydrogen-bond acceptors (Lipinski definition) is 3. The van der Waals surface area contributed by atoms with Crippen LogP contribution >= 0.6 is 0 Å². The van der Waals surface area contributed by atoms with E-state index in [4.69, 9.17) is 5.73 Å². The van der Waals surface area contributed by atoms with Crippen molar-refractivity contribution in [3.8, 4) is 0 Å². The molecule has 0 aromatic rings. The van der Waals surface area contributed by atoms with Gasteiger partial charge in [0.05, 0.1) is 6.54 Å². The van der Waals surface area contributed by atoms with Gasteiger partial charge >= 0.3 is 0 Å². The Kier molecular flexibility index (Phi) is 5.78. The standard InChI is InChI=1S/C7H17N3O/c1-6(2)10-7(11)5-9-4-3-8/h6,9H,3-5,8H2,1-2H3,(H,10,11). The van der Waals surface area contributed by atoms with Gasteiger partial charge in [-0.05, 0) is 13.8 Å². The second-order valence-corrected chi connectivity index (χ2v) is 2.69. The fourth-order valence-electron chi connectivity index (χ4n) is 0.677. The number of hydrogen-bond donors (Lipinski definition) is 3.